The van der Waals surface area contributed by atoms with Gasteiger partial charge in [-0.25, -0.2) is 0 Å². The van der Waals surface area contributed by atoms with Crippen molar-refractivity contribution in [2.75, 3.05) is 0 Å². The molecular formula is C12H18O4. The molecule has 1 rings (SSSR count). The van der Waals surface area contributed by atoms with E-state index < -0.39 is 17.4 Å². The number of aliphatic carboxylic acids is 2. The highest BCUT2D eigenvalue weighted by molar-refractivity contribution is 6.00. The molecule has 0 saturated carbocycles. The number of carboxylic acid groups (broad SMARTS) is 2. The fourth-order valence-electron chi connectivity index (χ4n) is 2.01. The minimum absolute atomic E-state index is 0.189. The van der Waals surface area contributed by atoms with Crippen molar-refractivity contribution in [3.05, 3.63) is 12.2 Å². The van der Waals surface area contributed by atoms with Crippen LogP contribution < -0.4 is 0 Å². The van der Waals surface area contributed by atoms with Crippen molar-refractivity contribution in [3.63, 3.8) is 0 Å². The minimum Gasteiger partial charge on any atom is -0.480 e. The van der Waals surface area contributed by atoms with E-state index in [-0.39, 0.29) is 6.42 Å². The lowest BCUT2D eigenvalue weighted by molar-refractivity contribution is -0.161. The van der Waals surface area contributed by atoms with E-state index in [4.69, 9.17) is 10.2 Å². The third-order valence-corrected chi connectivity index (χ3v) is 3.11. The Morgan fingerprint density at radius 2 is 1.50 bits per heavy atom. The third-order valence-electron chi connectivity index (χ3n) is 3.11. The molecule has 1 aliphatic rings. The first-order valence-electron chi connectivity index (χ1n) is 5.74. The first kappa shape index (κ1) is 12.7. The van der Waals surface area contributed by atoms with E-state index in [1.807, 2.05) is 0 Å². The van der Waals surface area contributed by atoms with Crippen molar-refractivity contribution in [3.8, 4) is 0 Å². The van der Waals surface area contributed by atoms with E-state index in [0.29, 0.717) is 6.42 Å². The van der Waals surface area contributed by atoms with Gasteiger partial charge in [-0.3, -0.25) is 9.59 Å². The van der Waals surface area contributed by atoms with Crippen molar-refractivity contribution < 1.29 is 19.8 Å². The molecular weight excluding hydrogens is 208 g/mol. The van der Waals surface area contributed by atoms with Gasteiger partial charge in [0, 0.05) is 0 Å². The Labute approximate surface area is 95.0 Å². The second kappa shape index (κ2) is 5.68. The summed E-state index contributed by atoms with van der Waals surface area (Å²) in [5.41, 5.74) is -1.71. The van der Waals surface area contributed by atoms with Gasteiger partial charge in [-0.15, -0.1) is 0 Å². The Morgan fingerprint density at radius 3 is 2.12 bits per heavy atom. The third kappa shape index (κ3) is 2.84. The highest BCUT2D eigenvalue weighted by atomic mass is 16.4. The smallest absolute Gasteiger partial charge is 0.324 e. The van der Waals surface area contributed by atoms with Crippen LogP contribution in [0.4, 0.5) is 0 Å². The van der Waals surface area contributed by atoms with Gasteiger partial charge in [0.25, 0.3) is 0 Å². The molecule has 0 aromatic heterocycles. The van der Waals surface area contributed by atoms with E-state index >= 15 is 0 Å². The monoisotopic (exact) mass is 226 g/mol. The molecule has 0 saturated heterocycles. The molecule has 0 aliphatic heterocycles. The van der Waals surface area contributed by atoms with Crippen LogP contribution in [-0.4, -0.2) is 22.2 Å². The molecule has 16 heavy (non-hydrogen) atoms. The number of carboxylic acids is 2. The fourth-order valence-corrected chi connectivity index (χ4v) is 2.01. The number of rotatable bonds is 2. The van der Waals surface area contributed by atoms with Crippen LogP contribution in [0.1, 0.15) is 44.9 Å². The zero-order chi connectivity index (χ0) is 12.0. The highest BCUT2D eigenvalue weighted by Crippen LogP contribution is 2.29. The van der Waals surface area contributed by atoms with Gasteiger partial charge in [-0.1, -0.05) is 37.8 Å². The first-order valence-corrected chi connectivity index (χ1v) is 5.74. The predicted octanol–water partition coefficient (Wildman–Crippen LogP) is 2.44. The van der Waals surface area contributed by atoms with Gasteiger partial charge in [0.05, 0.1) is 0 Å². The molecule has 1 aliphatic carbocycles. The maximum Gasteiger partial charge on any atom is 0.324 e. The molecule has 0 bridgehead atoms. The minimum atomic E-state index is -1.71. The van der Waals surface area contributed by atoms with Crippen molar-refractivity contribution in [1.82, 2.24) is 0 Å². The number of allylic oxidation sites excluding steroid dienone is 1. The average molecular weight is 226 g/mol. The van der Waals surface area contributed by atoms with Crippen LogP contribution in [0.5, 0.6) is 0 Å². The standard InChI is InChI=1S/C12H18O4/c13-10(14)12(11(15)16)8-6-4-2-1-3-5-7-9-12/h6,8H,1-5,7,9H2,(H,13,14)(H,15,16). The molecule has 0 fully saturated rings. The summed E-state index contributed by atoms with van der Waals surface area (Å²) in [4.78, 5) is 22.3. The van der Waals surface area contributed by atoms with Crippen LogP contribution in [-0.2, 0) is 9.59 Å². The number of carbonyl (C=O) groups is 2. The summed E-state index contributed by atoms with van der Waals surface area (Å²) in [6.45, 7) is 0. The summed E-state index contributed by atoms with van der Waals surface area (Å²) in [7, 11) is 0. The van der Waals surface area contributed by atoms with E-state index in [2.05, 4.69) is 0 Å². The normalized spacial score (nSPS) is 21.2. The van der Waals surface area contributed by atoms with Gasteiger partial charge in [0.1, 0.15) is 0 Å². The first-order chi connectivity index (χ1) is 7.59. The summed E-state index contributed by atoms with van der Waals surface area (Å²) in [5.74, 6) is -2.51. The molecule has 0 aromatic carbocycles. The molecule has 2 N–H and O–H groups in total. The van der Waals surface area contributed by atoms with Crippen molar-refractivity contribution in [2.45, 2.75) is 44.9 Å². The highest BCUT2D eigenvalue weighted by Gasteiger charge is 2.43. The molecule has 0 radical (unpaired) electrons. The van der Waals surface area contributed by atoms with E-state index in [1.165, 1.54) is 6.08 Å². The molecule has 0 spiro atoms. The van der Waals surface area contributed by atoms with Gasteiger partial charge in [-0.05, 0) is 19.3 Å². The van der Waals surface area contributed by atoms with E-state index in [0.717, 1.165) is 32.1 Å². The Kier molecular flexibility index (Phi) is 4.52. The Morgan fingerprint density at radius 1 is 0.938 bits per heavy atom. The van der Waals surface area contributed by atoms with E-state index in [1.54, 1.807) is 6.08 Å². The fraction of sp³-hybridized carbons (Fsp3) is 0.667. The lowest BCUT2D eigenvalue weighted by Crippen LogP contribution is -2.37. The molecule has 90 valence electrons. The van der Waals surface area contributed by atoms with Crippen LogP contribution >= 0.6 is 0 Å². The van der Waals surface area contributed by atoms with Crippen molar-refractivity contribution in [2.24, 2.45) is 5.41 Å². The predicted molar refractivity (Wildman–Crippen MR) is 59.2 cm³/mol. The maximum atomic E-state index is 11.1. The number of hydrogen-bond donors (Lipinski definition) is 2. The Hall–Kier alpha value is -1.32. The van der Waals surface area contributed by atoms with E-state index in [9.17, 15) is 9.59 Å². The summed E-state index contributed by atoms with van der Waals surface area (Å²) < 4.78 is 0. The lowest BCUT2D eigenvalue weighted by Gasteiger charge is -2.21. The van der Waals surface area contributed by atoms with Crippen LogP contribution in [0.25, 0.3) is 0 Å². The molecule has 0 atom stereocenters. The molecule has 0 unspecified atom stereocenters. The Bertz CT molecular complexity index is 279. The zero-order valence-corrected chi connectivity index (χ0v) is 9.32. The second-order valence-corrected chi connectivity index (χ2v) is 4.29. The van der Waals surface area contributed by atoms with Crippen LogP contribution in [0.2, 0.25) is 0 Å². The summed E-state index contributed by atoms with van der Waals surface area (Å²) >= 11 is 0. The van der Waals surface area contributed by atoms with Gasteiger partial charge >= 0.3 is 11.9 Å². The maximum absolute atomic E-state index is 11.1. The molecule has 0 amide bonds. The topological polar surface area (TPSA) is 74.6 Å². The Balaban J connectivity index is 2.91. The van der Waals surface area contributed by atoms with Crippen molar-refractivity contribution >= 4 is 11.9 Å². The quantitative estimate of drug-likeness (QED) is 0.560. The van der Waals surface area contributed by atoms with Gasteiger partial charge in [0.15, 0.2) is 5.41 Å². The van der Waals surface area contributed by atoms with Gasteiger partial charge in [-0.2, -0.15) is 0 Å². The van der Waals surface area contributed by atoms with Crippen LogP contribution in [0.3, 0.4) is 0 Å². The molecule has 4 nitrogen and oxygen atoms in total. The SMILES string of the molecule is O=C(O)C1(C(=O)O)C=CCCCCCCC1. The zero-order valence-electron chi connectivity index (χ0n) is 9.32. The largest absolute Gasteiger partial charge is 0.480 e. The lowest BCUT2D eigenvalue weighted by atomic mass is 9.81. The van der Waals surface area contributed by atoms with Gasteiger partial charge < -0.3 is 10.2 Å². The average Bonchev–Trinajstić information content (AvgIpc) is 2.24. The summed E-state index contributed by atoms with van der Waals surface area (Å²) in [6, 6.07) is 0. The summed E-state index contributed by atoms with van der Waals surface area (Å²) in [6.07, 6.45) is 8.79. The molecule has 4 heteroatoms. The second-order valence-electron chi connectivity index (χ2n) is 4.29. The molecule has 0 heterocycles. The van der Waals surface area contributed by atoms with Crippen LogP contribution in [0, 0.1) is 5.41 Å². The number of hydrogen-bond acceptors (Lipinski definition) is 2. The summed E-state index contributed by atoms with van der Waals surface area (Å²) in [5, 5.41) is 18.2. The van der Waals surface area contributed by atoms with Crippen LogP contribution in [0.15, 0.2) is 12.2 Å². The van der Waals surface area contributed by atoms with Crippen molar-refractivity contribution in [1.29, 1.82) is 0 Å². The molecule has 0 aromatic rings. The van der Waals surface area contributed by atoms with Gasteiger partial charge in [0.2, 0.25) is 0 Å².